The van der Waals surface area contributed by atoms with Crippen LogP contribution in [-0.4, -0.2) is 57.5 Å². The number of rotatable bonds is 5. The Morgan fingerprint density at radius 3 is 2.82 bits per heavy atom. The normalized spacial score (nSPS) is 21.1. The standard InChI is InChI=1S/C20H22FN3O4/c1-28-13-9-12(10-18(25)26)23(11-13)20(27)19-14-5-4-8-16(14)24(22-19)17-7-3-2-6-15(17)21/h2-3,6-7,12-13H,4-5,8-11H2,1H3,(H,25,26). The van der Waals surface area contributed by atoms with Gasteiger partial charge in [0.2, 0.25) is 0 Å². The molecule has 0 radical (unpaired) electrons. The highest BCUT2D eigenvalue weighted by molar-refractivity contribution is 5.95. The summed E-state index contributed by atoms with van der Waals surface area (Å²) in [5.41, 5.74) is 2.30. The van der Waals surface area contributed by atoms with E-state index in [-0.39, 0.29) is 18.4 Å². The summed E-state index contributed by atoms with van der Waals surface area (Å²) in [6.45, 7) is 0.328. The van der Waals surface area contributed by atoms with E-state index in [1.807, 2.05) is 0 Å². The van der Waals surface area contributed by atoms with Crippen LogP contribution >= 0.6 is 0 Å². The zero-order chi connectivity index (χ0) is 19.8. The molecule has 1 aromatic carbocycles. The molecule has 2 aliphatic rings. The van der Waals surface area contributed by atoms with Gasteiger partial charge in [-0.15, -0.1) is 0 Å². The molecule has 0 saturated carbocycles. The fourth-order valence-corrected chi connectivity index (χ4v) is 4.26. The van der Waals surface area contributed by atoms with Crippen LogP contribution in [0, 0.1) is 5.82 Å². The van der Waals surface area contributed by atoms with E-state index in [9.17, 15) is 19.1 Å². The van der Waals surface area contributed by atoms with Crippen molar-refractivity contribution in [1.82, 2.24) is 14.7 Å². The van der Waals surface area contributed by atoms with E-state index in [0.29, 0.717) is 30.8 Å². The fraction of sp³-hybridized carbons (Fsp3) is 0.450. The first-order valence-electron chi connectivity index (χ1n) is 9.40. The van der Waals surface area contributed by atoms with Crippen molar-refractivity contribution in [3.8, 4) is 5.69 Å². The predicted octanol–water partition coefficient (Wildman–Crippen LogP) is 2.20. The molecule has 1 aromatic heterocycles. The summed E-state index contributed by atoms with van der Waals surface area (Å²) in [5.74, 6) is -1.66. The molecule has 28 heavy (non-hydrogen) atoms. The maximum atomic E-state index is 14.3. The Kier molecular flexibility index (Phi) is 4.89. The van der Waals surface area contributed by atoms with Crippen LogP contribution in [0.15, 0.2) is 24.3 Å². The van der Waals surface area contributed by atoms with Crippen molar-refractivity contribution in [2.24, 2.45) is 0 Å². The molecule has 4 rings (SSSR count). The van der Waals surface area contributed by atoms with Gasteiger partial charge in [-0.3, -0.25) is 9.59 Å². The number of hydrogen-bond acceptors (Lipinski definition) is 4. The average Bonchev–Trinajstić information content (AvgIpc) is 3.36. The quantitative estimate of drug-likeness (QED) is 0.850. The van der Waals surface area contributed by atoms with Gasteiger partial charge in [0.05, 0.1) is 12.5 Å². The Labute approximate surface area is 161 Å². The number of aromatic nitrogens is 2. The molecular formula is C20H22FN3O4. The lowest BCUT2D eigenvalue weighted by Crippen LogP contribution is -2.38. The van der Waals surface area contributed by atoms with Gasteiger partial charge >= 0.3 is 5.97 Å². The number of amides is 1. The second kappa shape index (κ2) is 7.35. The van der Waals surface area contributed by atoms with E-state index in [1.54, 1.807) is 30.2 Å². The minimum absolute atomic E-state index is 0.137. The third-order valence-electron chi connectivity index (χ3n) is 5.59. The Bertz CT molecular complexity index is 926. The monoisotopic (exact) mass is 387 g/mol. The lowest BCUT2D eigenvalue weighted by Gasteiger charge is -2.22. The van der Waals surface area contributed by atoms with Crippen LogP contribution < -0.4 is 0 Å². The van der Waals surface area contributed by atoms with Crippen LogP contribution in [0.2, 0.25) is 0 Å². The SMILES string of the molecule is COC1CC(CC(=O)O)N(C(=O)c2nn(-c3ccccc3F)c3c2CCC3)C1. The van der Waals surface area contributed by atoms with E-state index < -0.39 is 17.8 Å². The van der Waals surface area contributed by atoms with Crippen LogP contribution in [0.4, 0.5) is 4.39 Å². The maximum Gasteiger partial charge on any atom is 0.305 e. The second-order valence-corrected chi connectivity index (χ2v) is 7.29. The van der Waals surface area contributed by atoms with Gasteiger partial charge in [0.1, 0.15) is 11.5 Å². The van der Waals surface area contributed by atoms with Crippen molar-refractivity contribution in [2.75, 3.05) is 13.7 Å². The summed E-state index contributed by atoms with van der Waals surface area (Å²) in [4.78, 5) is 26.1. The summed E-state index contributed by atoms with van der Waals surface area (Å²) < 4.78 is 21.2. The number of ether oxygens (including phenoxy) is 1. The smallest absolute Gasteiger partial charge is 0.305 e. The first kappa shape index (κ1) is 18.6. The van der Waals surface area contributed by atoms with Gasteiger partial charge in [0.15, 0.2) is 5.69 Å². The highest BCUT2D eigenvalue weighted by Crippen LogP contribution is 2.31. The lowest BCUT2D eigenvalue weighted by molar-refractivity contribution is -0.138. The first-order valence-corrected chi connectivity index (χ1v) is 9.40. The van der Waals surface area contributed by atoms with Crippen LogP contribution in [-0.2, 0) is 22.4 Å². The number of para-hydroxylation sites is 1. The van der Waals surface area contributed by atoms with E-state index in [4.69, 9.17) is 4.74 Å². The Morgan fingerprint density at radius 2 is 2.11 bits per heavy atom. The third kappa shape index (κ3) is 3.17. The number of methoxy groups -OCH3 is 1. The van der Waals surface area contributed by atoms with Gasteiger partial charge in [0, 0.05) is 31.0 Å². The average molecular weight is 387 g/mol. The van der Waals surface area contributed by atoms with Crippen LogP contribution in [0.3, 0.4) is 0 Å². The Balaban J connectivity index is 1.71. The minimum atomic E-state index is -0.957. The summed E-state index contributed by atoms with van der Waals surface area (Å²) in [5, 5.41) is 13.7. The number of carboxylic acid groups (broad SMARTS) is 1. The van der Waals surface area contributed by atoms with Crippen molar-refractivity contribution < 1.29 is 23.8 Å². The number of likely N-dealkylation sites (tertiary alicyclic amines) is 1. The lowest BCUT2D eigenvalue weighted by atomic mass is 10.1. The molecule has 0 spiro atoms. The van der Waals surface area contributed by atoms with Gasteiger partial charge < -0.3 is 14.7 Å². The van der Waals surface area contributed by atoms with Crippen molar-refractivity contribution in [1.29, 1.82) is 0 Å². The van der Waals surface area contributed by atoms with Gasteiger partial charge in [-0.25, -0.2) is 9.07 Å². The largest absolute Gasteiger partial charge is 0.481 e. The van der Waals surface area contributed by atoms with Crippen molar-refractivity contribution in [3.63, 3.8) is 0 Å². The molecule has 2 aromatic rings. The summed E-state index contributed by atoms with van der Waals surface area (Å²) in [6.07, 6.45) is 2.45. The zero-order valence-corrected chi connectivity index (χ0v) is 15.6. The highest BCUT2D eigenvalue weighted by atomic mass is 19.1. The summed E-state index contributed by atoms with van der Waals surface area (Å²) in [7, 11) is 1.56. The number of hydrogen-bond donors (Lipinski definition) is 1. The van der Waals surface area contributed by atoms with Crippen LogP contribution in [0.5, 0.6) is 0 Å². The Morgan fingerprint density at radius 1 is 1.32 bits per heavy atom. The van der Waals surface area contributed by atoms with Gasteiger partial charge in [-0.1, -0.05) is 12.1 Å². The van der Waals surface area contributed by atoms with E-state index in [2.05, 4.69) is 5.10 Å². The highest BCUT2D eigenvalue weighted by Gasteiger charge is 2.39. The van der Waals surface area contributed by atoms with E-state index in [1.165, 1.54) is 10.7 Å². The predicted molar refractivity (Wildman–Crippen MR) is 98.0 cm³/mol. The van der Waals surface area contributed by atoms with Crippen molar-refractivity contribution in [3.05, 3.63) is 47.0 Å². The zero-order valence-electron chi connectivity index (χ0n) is 15.6. The molecule has 7 nitrogen and oxygen atoms in total. The molecular weight excluding hydrogens is 365 g/mol. The number of nitrogens with zero attached hydrogens (tertiary/aromatic N) is 3. The van der Waals surface area contributed by atoms with Crippen molar-refractivity contribution >= 4 is 11.9 Å². The van der Waals surface area contributed by atoms with Crippen molar-refractivity contribution in [2.45, 2.75) is 44.2 Å². The molecule has 1 fully saturated rings. The number of carbonyl (C=O) groups excluding carboxylic acids is 1. The molecule has 1 saturated heterocycles. The number of carboxylic acids is 1. The first-order chi connectivity index (χ1) is 13.5. The molecule has 2 atom stereocenters. The minimum Gasteiger partial charge on any atom is -0.481 e. The van der Waals surface area contributed by atoms with E-state index in [0.717, 1.165) is 24.1 Å². The van der Waals surface area contributed by atoms with E-state index >= 15 is 0 Å². The van der Waals surface area contributed by atoms with Crippen LogP contribution in [0.1, 0.15) is 41.0 Å². The number of fused-ring (bicyclic) bond motifs is 1. The Hall–Kier alpha value is -2.74. The molecule has 8 heteroatoms. The maximum absolute atomic E-state index is 14.3. The molecule has 2 heterocycles. The molecule has 2 unspecified atom stereocenters. The number of aliphatic carboxylic acids is 1. The molecule has 1 amide bonds. The summed E-state index contributed by atoms with van der Waals surface area (Å²) in [6, 6.07) is 5.91. The molecule has 1 aliphatic carbocycles. The summed E-state index contributed by atoms with van der Waals surface area (Å²) >= 11 is 0. The number of halogens is 1. The molecule has 0 bridgehead atoms. The van der Waals surface area contributed by atoms with Crippen LogP contribution in [0.25, 0.3) is 5.69 Å². The second-order valence-electron chi connectivity index (χ2n) is 7.29. The number of benzene rings is 1. The molecule has 1 aliphatic heterocycles. The number of carbonyl (C=O) groups is 2. The third-order valence-corrected chi connectivity index (χ3v) is 5.59. The van der Waals surface area contributed by atoms with Gasteiger partial charge in [0.25, 0.3) is 5.91 Å². The van der Waals surface area contributed by atoms with Gasteiger partial charge in [-0.2, -0.15) is 5.10 Å². The molecule has 148 valence electrons. The topological polar surface area (TPSA) is 84.7 Å². The van der Waals surface area contributed by atoms with Gasteiger partial charge in [-0.05, 0) is 37.8 Å². The molecule has 1 N–H and O–H groups in total. The fourth-order valence-electron chi connectivity index (χ4n) is 4.26.